The largest absolute Gasteiger partial charge is 0.417 e. The van der Waals surface area contributed by atoms with Gasteiger partial charge in [0, 0.05) is 18.4 Å². The Morgan fingerprint density at radius 1 is 1.35 bits per heavy atom. The lowest BCUT2D eigenvalue weighted by atomic mass is 10.1. The number of benzene rings is 1. The fourth-order valence-electron chi connectivity index (χ4n) is 2.74. The maximum atomic E-state index is 12.9. The molecule has 2 N–H and O–H groups in total. The Bertz CT molecular complexity index is 773. The molecule has 1 fully saturated rings. The standard InChI is InChI=1S/C16H16ClF3N4O.ClH/c17-13-4-3-10(8-12(13)16(18,19)20)22-15(25)14-5-7-24(23-14)11-2-1-6-21-9-11;/h3-5,7-8,11,21H,1-2,6,9H2,(H,22,25);1H. The lowest BCUT2D eigenvalue weighted by molar-refractivity contribution is -0.137. The number of rotatable bonds is 3. The van der Waals surface area contributed by atoms with E-state index in [2.05, 4.69) is 15.7 Å². The first-order valence-corrected chi connectivity index (χ1v) is 8.16. The first kappa shape index (κ1) is 20.5. The Morgan fingerprint density at radius 3 is 2.77 bits per heavy atom. The minimum Gasteiger partial charge on any atom is -0.321 e. The van der Waals surface area contributed by atoms with E-state index in [1.807, 2.05) is 0 Å². The second kappa shape index (κ2) is 8.28. The molecular weight excluding hydrogens is 392 g/mol. The number of halogens is 5. The van der Waals surface area contributed by atoms with Crippen molar-refractivity contribution in [2.24, 2.45) is 0 Å². The van der Waals surface area contributed by atoms with Gasteiger partial charge in [0.05, 0.1) is 16.6 Å². The van der Waals surface area contributed by atoms with Gasteiger partial charge in [0.2, 0.25) is 0 Å². The quantitative estimate of drug-likeness (QED) is 0.801. The summed E-state index contributed by atoms with van der Waals surface area (Å²) in [5.41, 5.74) is -0.838. The molecule has 1 atom stereocenters. The van der Waals surface area contributed by atoms with Crippen LogP contribution in [0.4, 0.5) is 18.9 Å². The van der Waals surface area contributed by atoms with Crippen LogP contribution in [-0.2, 0) is 6.18 Å². The summed E-state index contributed by atoms with van der Waals surface area (Å²) in [6.45, 7) is 1.73. The van der Waals surface area contributed by atoms with Crippen molar-refractivity contribution in [3.63, 3.8) is 0 Å². The topological polar surface area (TPSA) is 59.0 Å². The SMILES string of the molecule is Cl.O=C(Nc1ccc(Cl)c(C(F)(F)F)c1)c1ccn(C2CCCNC2)n1. The van der Waals surface area contributed by atoms with Gasteiger partial charge >= 0.3 is 6.18 Å². The van der Waals surface area contributed by atoms with E-state index in [4.69, 9.17) is 11.6 Å². The van der Waals surface area contributed by atoms with Crippen LogP contribution in [0.15, 0.2) is 30.5 Å². The van der Waals surface area contributed by atoms with Gasteiger partial charge in [-0.05, 0) is 43.7 Å². The van der Waals surface area contributed by atoms with E-state index >= 15 is 0 Å². The fraction of sp³-hybridized carbons (Fsp3) is 0.375. The van der Waals surface area contributed by atoms with Crippen molar-refractivity contribution in [2.75, 3.05) is 18.4 Å². The number of nitrogens with zero attached hydrogens (tertiary/aromatic N) is 2. The van der Waals surface area contributed by atoms with Crippen LogP contribution in [-0.4, -0.2) is 28.8 Å². The molecule has 142 valence electrons. The number of amides is 1. The van der Waals surface area contributed by atoms with Crippen molar-refractivity contribution in [1.82, 2.24) is 15.1 Å². The minimum atomic E-state index is -4.59. The summed E-state index contributed by atoms with van der Waals surface area (Å²) in [4.78, 5) is 12.2. The molecule has 2 heterocycles. The highest BCUT2D eigenvalue weighted by Crippen LogP contribution is 2.36. The van der Waals surface area contributed by atoms with Gasteiger partial charge in [0.15, 0.2) is 5.69 Å². The second-order valence-corrected chi connectivity index (χ2v) is 6.23. The summed E-state index contributed by atoms with van der Waals surface area (Å²) in [6.07, 6.45) is -0.901. The van der Waals surface area contributed by atoms with Crippen LogP contribution in [0.5, 0.6) is 0 Å². The average molecular weight is 409 g/mol. The minimum absolute atomic E-state index is 0. The smallest absolute Gasteiger partial charge is 0.321 e. The number of carbonyl (C=O) groups is 1. The number of piperidine rings is 1. The van der Waals surface area contributed by atoms with E-state index in [0.717, 1.165) is 38.1 Å². The van der Waals surface area contributed by atoms with E-state index in [1.54, 1.807) is 16.9 Å². The number of nitrogens with one attached hydrogen (secondary N) is 2. The van der Waals surface area contributed by atoms with Gasteiger partial charge in [-0.25, -0.2) is 0 Å². The molecule has 1 saturated heterocycles. The molecule has 1 amide bonds. The van der Waals surface area contributed by atoms with Gasteiger partial charge < -0.3 is 10.6 Å². The molecule has 0 aliphatic carbocycles. The Morgan fingerprint density at radius 2 is 2.12 bits per heavy atom. The van der Waals surface area contributed by atoms with Gasteiger partial charge in [-0.15, -0.1) is 12.4 Å². The lowest BCUT2D eigenvalue weighted by Gasteiger charge is -2.22. The maximum Gasteiger partial charge on any atom is 0.417 e. The van der Waals surface area contributed by atoms with Crippen LogP contribution in [0.3, 0.4) is 0 Å². The average Bonchev–Trinajstić information content (AvgIpc) is 3.06. The molecule has 0 saturated carbocycles. The van der Waals surface area contributed by atoms with Crippen molar-refractivity contribution in [2.45, 2.75) is 25.1 Å². The third-order valence-corrected chi connectivity index (χ3v) is 4.35. The Balaban J connectivity index is 0.00000243. The van der Waals surface area contributed by atoms with Crippen LogP contribution >= 0.6 is 24.0 Å². The predicted octanol–water partition coefficient (Wildman–Crippen LogP) is 4.15. The summed E-state index contributed by atoms with van der Waals surface area (Å²) < 4.78 is 40.4. The fourth-order valence-corrected chi connectivity index (χ4v) is 2.96. The molecule has 10 heteroatoms. The van der Waals surface area contributed by atoms with Gasteiger partial charge in [0.1, 0.15) is 0 Å². The van der Waals surface area contributed by atoms with Crippen molar-refractivity contribution in [3.05, 3.63) is 46.7 Å². The molecule has 1 aromatic carbocycles. The van der Waals surface area contributed by atoms with Crippen molar-refractivity contribution in [1.29, 1.82) is 0 Å². The molecule has 1 aromatic heterocycles. The number of carbonyl (C=O) groups excluding carboxylic acids is 1. The highest BCUT2D eigenvalue weighted by Gasteiger charge is 2.33. The molecule has 1 aliphatic rings. The Kier molecular flexibility index (Phi) is 6.54. The van der Waals surface area contributed by atoms with E-state index in [1.165, 1.54) is 6.07 Å². The molecule has 0 bridgehead atoms. The molecular formula is C16H17Cl2F3N4O. The van der Waals surface area contributed by atoms with Crippen molar-refractivity contribution >= 4 is 35.6 Å². The van der Waals surface area contributed by atoms with E-state index in [-0.39, 0.29) is 29.8 Å². The molecule has 5 nitrogen and oxygen atoms in total. The lowest BCUT2D eigenvalue weighted by Crippen LogP contribution is -2.32. The number of hydrogen-bond acceptors (Lipinski definition) is 3. The number of anilines is 1. The summed E-state index contributed by atoms with van der Waals surface area (Å²) in [7, 11) is 0. The number of alkyl halides is 3. The third-order valence-electron chi connectivity index (χ3n) is 4.02. The Hall–Kier alpha value is -1.77. The van der Waals surface area contributed by atoms with E-state index in [0.29, 0.717) is 0 Å². The zero-order chi connectivity index (χ0) is 18.0. The van der Waals surface area contributed by atoms with Crippen LogP contribution in [0.1, 0.15) is 34.9 Å². The van der Waals surface area contributed by atoms with Gasteiger partial charge in [-0.3, -0.25) is 9.48 Å². The summed E-state index contributed by atoms with van der Waals surface area (Å²) >= 11 is 5.57. The monoisotopic (exact) mass is 408 g/mol. The van der Waals surface area contributed by atoms with Gasteiger partial charge in [-0.1, -0.05) is 11.6 Å². The Labute approximate surface area is 159 Å². The maximum absolute atomic E-state index is 12.9. The van der Waals surface area contributed by atoms with E-state index in [9.17, 15) is 18.0 Å². The molecule has 2 aromatic rings. The highest BCUT2D eigenvalue weighted by atomic mass is 35.5. The van der Waals surface area contributed by atoms with E-state index < -0.39 is 22.7 Å². The van der Waals surface area contributed by atoms with Crippen molar-refractivity contribution < 1.29 is 18.0 Å². The van der Waals surface area contributed by atoms with Crippen LogP contribution < -0.4 is 10.6 Å². The van der Waals surface area contributed by atoms with Gasteiger partial charge in [-0.2, -0.15) is 18.3 Å². The number of hydrogen-bond donors (Lipinski definition) is 2. The molecule has 3 rings (SSSR count). The molecule has 1 unspecified atom stereocenters. The normalized spacial score (nSPS) is 17.5. The summed E-state index contributed by atoms with van der Waals surface area (Å²) in [5, 5.41) is 9.50. The third kappa shape index (κ3) is 4.69. The van der Waals surface area contributed by atoms with Crippen molar-refractivity contribution in [3.8, 4) is 0 Å². The molecule has 0 spiro atoms. The molecule has 1 aliphatic heterocycles. The highest BCUT2D eigenvalue weighted by molar-refractivity contribution is 6.31. The summed E-state index contributed by atoms with van der Waals surface area (Å²) in [5.74, 6) is -0.571. The second-order valence-electron chi connectivity index (χ2n) is 5.83. The van der Waals surface area contributed by atoms with Crippen LogP contribution in [0.25, 0.3) is 0 Å². The summed E-state index contributed by atoms with van der Waals surface area (Å²) in [6, 6.07) is 4.94. The zero-order valence-corrected chi connectivity index (χ0v) is 15.1. The first-order chi connectivity index (χ1) is 11.8. The van der Waals surface area contributed by atoms with Crippen LogP contribution in [0.2, 0.25) is 5.02 Å². The molecule has 26 heavy (non-hydrogen) atoms. The van der Waals surface area contributed by atoms with Crippen LogP contribution in [0, 0.1) is 0 Å². The van der Waals surface area contributed by atoms with Gasteiger partial charge in [0.25, 0.3) is 5.91 Å². The number of aromatic nitrogens is 2. The predicted molar refractivity (Wildman–Crippen MR) is 95.0 cm³/mol. The first-order valence-electron chi connectivity index (χ1n) is 7.78. The zero-order valence-electron chi connectivity index (χ0n) is 13.5. The molecule has 0 radical (unpaired) electrons.